The minimum absolute atomic E-state index is 0.118. The third-order valence-electron chi connectivity index (χ3n) is 6.06. The number of carbonyl (C=O) groups is 1. The third-order valence-corrected chi connectivity index (χ3v) is 6.06. The summed E-state index contributed by atoms with van der Waals surface area (Å²) in [4.78, 5) is 13.6. The zero-order valence-electron chi connectivity index (χ0n) is 19.9. The van der Waals surface area contributed by atoms with Gasteiger partial charge in [-0.15, -0.1) is 0 Å². The van der Waals surface area contributed by atoms with Crippen LogP contribution in [-0.4, -0.2) is 60.3 Å². The Kier molecular flexibility index (Phi) is 6.51. The second-order valence-electron chi connectivity index (χ2n) is 10.3. The second kappa shape index (κ2) is 8.56. The average Bonchev–Trinajstić information content (AvgIpc) is 2.89. The molecule has 9 heteroatoms. The van der Waals surface area contributed by atoms with Crippen molar-refractivity contribution >= 4 is 18.7 Å². The topological polar surface area (TPSA) is 81.0 Å². The number of halogens is 1. The van der Waals surface area contributed by atoms with Crippen molar-refractivity contribution in [3.05, 3.63) is 23.8 Å². The van der Waals surface area contributed by atoms with E-state index >= 15 is 0 Å². The molecule has 0 spiro atoms. The summed E-state index contributed by atoms with van der Waals surface area (Å²) < 4.78 is 38.1. The Labute approximate surface area is 189 Å². The van der Waals surface area contributed by atoms with Crippen LogP contribution in [0.25, 0.3) is 0 Å². The van der Waals surface area contributed by atoms with Crippen molar-refractivity contribution in [3.8, 4) is 11.8 Å². The number of hydrogen-bond donors (Lipinski definition) is 0. The quantitative estimate of drug-likeness (QED) is 0.661. The molecule has 0 bridgehead atoms. The summed E-state index contributed by atoms with van der Waals surface area (Å²) in [5, 5.41) is 9.63. The van der Waals surface area contributed by atoms with Crippen molar-refractivity contribution in [2.45, 2.75) is 84.0 Å². The van der Waals surface area contributed by atoms with Gasteiger partial charge in [-0.1, -0.05) is 6.07 Å². The number of nitrogens with zero attached hydrogens (tertiary/aromatic N) is 2. The largest absolute Gasteiger partial charge is 0.494 e. The molecule has 0 saturated carbocycles. The number of ether oxygens (including phenoxy) is 2. The molecule has 2 fully saturated rings. The standard InChI is InChI=1S/C23H32BFN2O5/c1-21(2,3)30-20(28)27-11-10-19(17(25)14-27)29-18-9-8-16(12-15(18)13-26)24-31-22(4,5)23(6,7)32-24/h8-9,12,17,19H,10-11,14H2,1-7H3/t17-,19-/m0/s1. The molecule has 0 aliphatic carbocycles. The lowest BCUT2D eigenvalue weighted by Crippen LogP contribution is -2.50. The van der Waals surface area contributed by atoms with E-state index in [9.17, 15) is 14.4 Å². The third kappa shape index (κ3) is 5.19. The van der Waals surface area contributed by atoms with E-state index in [1.807, 2.05) is 27.7 Å². The highest BCUT2D eigenvalue weighted by atomic mass is 19.1. The molecular weight excluding hydrogens is 414 g/mol. The van der Waals surface area contributed by atoms with Gasteiger partial charge in [0.1, 0.15) is 23.5 Å². The van der Waals surface area contributed by atoms with Gasteiger partial charge in [-0.3, -0.25) is 0 Å². The highest BCUT2D eigenvalue weighted by molar-refractivity contribution is 6.62. The zero-order chi connectivity index (χ0) is 23.9. The highest BCUT2D eigenvalue weighted by Gasteiger charge is 2.51. The Morgan fingerprint density at radius 1 is 1.25 bits per heavy atom. The van der Waals surface area contributed by atoms with Crippen LogP contribution < -0.4 is 10.2 Å². The van der Waals surface area contributed by atoms with Gasteiger partial charge in [0.2, 0.25) is 0 Å². The molecule has 174 valence electrons. The number of benzene rings is 1. The van der Waals surface area contributed by atoms with E-state index in [1.54, 1.807) is 39.0 Å². The number of nitriles is 1. The minimum Gasteiger partial charge on any atom is -0.486 e. The maximum Gasteiger partial charge on any atom is 0.494 e. The molecule has 1 amide bonds. The number of rotatable bonds is 3. The molecule has 0 radical (unpaired) electrons. The molecule has 2 aliphatic rings. The Morgan fingerprint density at radius 2 is 1.88 bits per heavy atom. The Morgan fingerprint density at radius 3 is 2.41 bits per heavy atom. The molecule has 1 aromatic carbocycles. The van der Waals surface area contributed by atoms with Gasteiger partial charge in [-0.25, -0.2) is 9.18 Å². The Hall–Kier alpha value is -2.31. The first kappa shape index (κ1) is 24.3. The van der Waals surface area contributed by atoms with Crippen LogP contribution in [0, 0.1) is 11.3 Å². The highest BCUT2D eigenvalue weighted by Crippen LogP contribution is 2.36. The Bertz CT molecular complexity index is 893. The van der Waals surface area contributed by atoms with E-state index in [0.717, 1.165) is 0 Å². The minimum atomic E-state index is -1.40. The zero-order valence-corrected chi connectivity index (χ0v) is 19.9. The second-order valence-corrected chi connectivity index (χ2v) is 10.3. The summed E-state index contributed by atoms with van der Waals surface area (Å²) in [6, 6.07) is 7.18. The fraction of sp³-hybridized carbons (Fsp3) is 0.652. The molecule has 2 saturated heterocycles. The number of hydrogen-bond acceptors (Lipinski definition) is 6. The number of likely N-dealkylation sites (tertiary alicyclic amines) is 1. The van der Waals surface area contributed by atoms with Crippen LogP contribution in [0.4, 0.5) is 9.18 Å². The first-order chi connectivity index (χ1) is 14.7. The molecule has 2 aliphatic heterocycles. The van der Waals surface area contributed by atoms with Gasteiger partial charge >= 0.3 is 13.2 Å². The van der Waals surface area contributed by atoms with Crippen LogP contribution in [0.3, 0.4) is 0 Å². The van der Waals surface area contributed by atoms with Crippen LogP contribution in [-0.2, 0) is 14.0 Å². The fourth-order valence-electron chi connectivity index (χ4n) is 3.53. The smallest absolute Gasteiger partial charge is 0.486 e. The van der Waals surface area contributed by atoms with E-state index < -0.39 is 42.3 Å². The summed E-state index contributed by atoms with van der Waals surface area (Å²) in [6.45, 7) is 13.3. The lowest BCUT2D eigenvalue weighted by Gasteiger charge is -2.35. The summed E-state index contributed by atoms with van der Waals surface area (Å²) >= 11 is 0. The fourth-order valence-corrected chi connectivity index (χ4v) is 3.53. The van der Waals surface area contributed by atoms with E-state index in [1.165, 1.54) is 4.90 Å². The maximum absolute atomic E-state index is 14.8. The lowest BCUT2D eigenvalue weighted by molar-refractivity contribution is -0.0105. The monoisotopic (exact) mass is 446 g/mol. The van der Waals surface area contributed by atoms with Crippen LogP contribution in [0.15, 0.2) is 18.2 Å². The van der Waals surface area contributed by atoms with Crippen molar-refractivity contribution in [3.63, 3.8) is 0 Å². The summed E-state index contributed by atoms with van der Waals surface area (Å²) in [7, 11) is -0.604. The molecule has 7 nitrogen and oxygen atoms in total. The molecular formula is C23H32BFN2O5. The van der Waals surface area contributed by atoms with Gasteiger partial charge < -0.3 is 23.7 Å². The molecule has 1 aromatic rings. The van der Waals surface area contributed by atoms with Crippen molar-refractivity contribution in [1.82, 2.24) is 4.90 Å². The van der Waals surface area contributed by atoms with E-state index in [4.69, 9.17) is 18.8 Å². The number of carbonyl (C=O) groups excluding carboxylic acids is 1. The maximum atomic E-state index is 14.8. The van der Waals surface area contributed by atoms with Gasteiger partial charge in [-0.05, 0) is 66.1 Å². The first-order valence-corrected chi connectivity index (χ1v) is 10.9. The molecule has 2 heterocycles. The normalized spacial score (nSPS) is 24.7. The van der Waals surface area contributed by atoms with E-state index in [0.29, 0.717) is 24.2 Å². The lowest BCUT2D eigenvalue weighted by atomic mass is 9.78. The van der Waals surface area contributed by atoms with E-state index in [-0.39, 0.29) is 12.1 Å². The predicted octanol–water partition coefficient (Wildman–Crippen LogP) is 3.58. The Balaban J connectivity index is 1.67. The van der Waals surface area contributed by atoms with Gasteiger partial charge in [0, 0.05) is 13.0 Å². The van der Waals surface area contributed by atoms with Gasteiger partial charge in [0.05, 0.1) is 23.3 Å². The van der Waals surface area contributed by atoms with Crippen LogP contribution in [0.2, 0.25) is 0 Å². The molecule has 0 N–H and O–H groups in total. The van der Waals surface area contributed by atoms with Crippen LogP contribution in [0.1, 0.15) is 60.5 Å². The molecule has 2 atom stereocenters. The molecule has 0 aromatic heterocycles. The van der Waals surface area contributed by atoms with Gasteiger partial charge in [0.25, 0.3) is 0 Å². The number of amides is 1. The van der Waals surface area contributed by atoms with Gasteiger partial charge in [0.15, 0.2) is 6.17 Å². The summed E-state index contributed by atoms with van der Waals surface area (Å²) in [6.07, 6.45) is -2.40. The van der Waals surface area contributed by atoms with Crippen molar-refractivity contribution < 1.29 is 28.0 Å². The molecule has 3 rings (SSSR count). The molecule has 32 heavy (non-hydrogen) atoms. The van der Waals surface area contributed by atoms with Crippen molar-refractivity contribution in [2.75, 3.05) is 13.1 Å². The predicted molar refractivity (Wildman–Crippen MR) is 119 cm³/mol. The SMILES string of the molecule is CC(C)(C)OC(=O)N1CC[C@H](Oc2ccc(B3OC(C)(C)C(C)(C)O3)cc2C#N)[C@@H](F)C1. The van der Waals surface area contributed by atoms with E-state index in [2.05, 4.69) is 6.07 Å². The van der Waals surface area contributed by atoms with Crippen LogP contribution >= 0.6 is 0 Å². The van der Waals surface area contributed by atoms with Crippen molar-refractivity contribution in [2.24, 2.45) is 0 Å². The number of alkyl halides is 1. The first-order valence-electron chi connectivity index (χ1n) is 10.9. The molecule has 0 unspecified atom stereocenters. The van der Waals surface area contributed by atoms with Gasteiger partial charge in [-0.2, -0.15) is 5.26 Å². The average molecular weight is 446 g/mol. The van der Waals surface area contributed by atoms with Crippen LogP contribution in [0.5, 0.6) is 5.75 Å². The number of piperidine rings is 1. The van der Waals surface area contributed by atoms with Crippen molar-refractivity contribution in [1.29, 1.82) is 5.26 Å². The summed E-state index contributed by atoms with van der Waals surface area (Å²) in [5.41, 5.74) is -0.661. The summed E-state index contributed by atoms with van der Waals surface area (Å²) in [5.74, 6) is 0.297.